The summed E-state index contributed by atoms with van der Waals surface area (Å²) in [7, 11) is 0. The number of nitrogens with zero attached hydrogens (tertiary/aromatic N) is 1. The van der Waals surface area contributed by atoms with Crippen LogP contribution in [-0.4, -0.2) is 4.98 Å². The van der Waals surface area contributed by atoms with Crippen molar-refractivity contribution in [3.8, 4) is 0 Å². The van der Waals surface area contributed by atoms with Gasteiger partial charge in [-0.3, -0.25) is 4.98 Å². The lowest BCUT2D eigenvalue weighted by molar-refractivity contribution is 0.153. The Morgan fingerprint density at radius 2 is 2.17 bits per heavy atom. The van der Waals surface area contributed by atoms with Crippen LogP contribution in [0, 0.1) is 29.5 Å². The standard InChI is InChI=1S/C15H19FN2/c16-14-8-18-5-4-12(14)15(17)7-9-6-13(15)11-3-1-2-10(9)11/h4-5,8-11,13H,1-3,6-7,17H2. The first-order valence-electron chi connectivity index (χ1n) is 7.09. The normalized spacial score (nSPS) is 45.4. The van der Waals surface area contributed by atoms with Gasteiger partial charge in [0.05, 0.1) is 6.20 Å². The first-order valence-corrected chi connectivity index (χ1v) is 7.09. The topological polar surface area (TPSA) is 38.9 Å². The third-order valence-electron chi connectivity index (χ3n) is 5.84. The molecule has 1 aromatic heterocycles. The van der Waals surface area contributed by atoms with Gasteiger partial charge in [0.1, 0.15) is 5.82 Å². The second-order valence-electron chi connectivity index (χ2n) is 6.46. The SMILES string of the molecule is NC1(c2ccncc2F)CC2CC1C1CCCC21. The molecule has 0 radical (unpaired) electrons. The van der Waals surface area contributed by atoms with Crippen molar-refractivity contribution >= 4 is 0 Å². The Morgan fingerprint density at radius 3 is 3.00 bits per heavy atom. The molecule has 1 heterocycles. The maximum Gasteiger partial charge on any atom is 0.146 e. The first kappa shape index (κ1) is 10.9. The zero-order valence-electron chi connectivity index (χ0n) is 10.5. The van der Waals surface area contributed by atoms with Crippen molar-refractivity contribution in [1.29, 1.82) is 0 Å². The van der Waals surface area contributed by atoms with Crippen molar-refractivity contribution in [2.75, 3.05) is 0 Å². The maximum absolute atomic E-state index is 14.0. The van der Waals surface area contributed by atoms with E-state index in [0.29, 0.717) is 11.5 Å². The van der Waals surface area contributed by atoms with Crippen LogP contribution in [0.4, 0.5) is 4.39 Å². The highest BCUT2D eigenvalue weighted by Crippen LogP contribution is 2.64. The fraction of sp³-hybridized carbons (Fsp3) is 0.667. The summed E-state index contributed by atoms with van der Waals surface area (Å²) in [4.78, 5) is 3.85. The molecule has 5 atom stereocenters. The van der Waals surface area contributed by atoms with Crippen LogP contribution in [0.3, 0.4) is 0 Å². The molecule has 0 spiro atoms. The van der Waals surface area contributed by atoms with Crippen LogP contribution in [0.5, 0.6) is 0 Å². The first-order chi connectivity index (χ1) is 8.70. The smallest absolute Gasteiger partial charge is 0.146 e. The highest BCUT2D eigenvalue weighted by molar-refractivity contribution is 5.29. The summed E-state index contributed by atoms with van der Waals surface area (Å²) >= 11 is 0. The molecule has 5 unspecified atom stereocenters. The van der Waals surface area contributed by atoms with Crippen LogP contribution < -0.4 is 5.73 Å². The molecule has 1 aromatic rings. The van der Waals surface area contributed by atoms with Gasteiger partial charge in [-0.2, -0.15) is 0 Å². The van der Waals surface area contributed by atoms with Crippen LogP contribution in [0.25, 0.3) is 0 Å². The number of pyridine rings is 1. The molecule has 3 saturated carbocycles. The lowest BCUT2D eigenvalue weighted by Gasteiger charge is -2.40. The lowest BCUT2D eigenvalue weighted by Crippen LogP contribution is -2.47. The van der Waals surface area contributed by atoms with Gasteiger partial charge >= 0.3 is 0 Å². The van der Waals surface area contributed by atoms with Gasteiger partial charge in [0.25, 0.3) is 0 Å². The molecule has 0 amide bonds. The number of rotatable bonds is 1. The highest BCUT2D eigenvalue weighted by Gasteiger charge is 2.60. The van der Waals surface area contributed by atoms with E-state index in [9.17, 15) is 4.39 Å². The van der Waals surface area contributed by atoms with Crippen molar-refractivity contribution < 1.29 is 4.39 Å². The minimum Gasteiger partial charge on any atom is -0.321 e. The van der Waals surface area contributed by atoms with E-state index >= 15 is 0 Å². The largest absolute Gasteiger partial charge is 0.321 e. The molecule has 96 valence electrons. The second kappa shape index (κ2) is 3.53. The third kappa shape index (κ3) is 1.23. The number of nitrogens with two attached hydrogens (primary N) is 1. The van der Waals surface area contributed by atoms with Crippen molar-refractivity contribution in [3.05, 3.63) is 29.8 Å². The minimum absolute atomic E-state index is 0.220. The Morgan fingerprint density at radius 1 is 1.33 bits per heavy atom. The van der Waals surface area contributed by atoms with Crippen molar-refractivity contribution in [3.63, 3.8) is 0 Å². The zero-order chi connectivity index (χ0) is 12.3. The molecule has 4 rings (SSSR count). The van der Waals surface area contributed by atoms with Gasteiger partial charge in [-0.05, 0) is 55.4 Å². The molecule has 2 nitrogen and oxygen atoms in total. The van der Waals surface area contributed by atoms with Crippen molar-refractivity contribution in [2.45, 2.75) is 37.6 Å². The number of aromatic nitrogens is 1. The fourth-order valence-electron chi connectivity index (χ4n) is 5.25. The fourth-order valence-corrected chi connectivity index (χ4v) is 5.25. The Balaban J connectivity index is 1.76. The predicted molar refractivity (Wildman–Crippen MR) is 67.1 cm³/mol. The Hall–Kier alpha value is -0.960. The van der Waals surface area contributed by atoms with E-state index in [1.807, 2.05) is 0 Å². The molecular weight excluding hydrogens is 227 g/mol. The number of hydrogen-bond acceptors (Lipinski definition) is 2. The van der Waals surface area contributed by atoms with Crippen LogP contribution in [0.15, 0.2) is 18.5 Å². The molecule has 3 heteroatoms. The van der Waals surface area contributed by atoms with E-state index in [1.54, 1.807) is 12.3 Å². The second-order valence-corrected chi connectivity index (χ2v) is 6.46. The van der Waals surface area contributed by atoms with Crippen LogP contribution in [-0.2, 0) is 5.54 Å². The third-order valence-corrected chi connectivity index (χ3v) is 5.84. The summed E-state index contributed by atoms with van der Waals surface area (Å²) < 4.78 is 14.0. The Kier molecular flexibility index (Phi) is 2.14. The van der Waals surface area contributed by atoms with Crippen LogP contribution >= 0.6 is 0 Å². The van der Waals surface area contributed by atoms with Crippen LogP contribution in [0.2, 0.25) is 0 Å². The molecular formula is C15H19FN2. The number of hydrogen-bond donors (Lipinski definition) is 1. The molecule has 2 N–H and O–H groups in total. The Labute approximate surface area is 107 Å². The average Bonchev–Trinajstić information content (AvgIpc) is 2.99. The summed E-state index contributed by atoms with van der Waals surface area (Å²) in [6.45, 7) is 0. The molecule has 0 aromatic carbocycles. The van der Waals surface area contributed by atoms with Gasteiger partial charge in [-0.1, -0.05) is 6.42 Å². The summed E-state index contributed by atoms with van der Waals surface area (Å²) in [5.74, 6) is 2.65. The Bertz CT molecular complexity index is 489. The van der Waals surface area contributed by atoms with Gasteiger partial charge in [0, 0.05) is 17.3 Å². The predicted octanol–water partition coefficient (Wildman–Crippen LogP) is 2.83. The van der Waals surface area contributed by atoms with Gasteiger partial charge in [-0.25, -0.2) is 4.39 Å². The van der Waals surface area contributed by atoms with Gasteiger partial charge in [0.2, 0.25) is 0 Å². The van der Waals surface area contributed by atoms with E-state index in [4.69, 9.17) is 5.73 Å². The van der Waals surface area contributed by atoms with E-state index < -0.39 is 5.54 Å². The van der Waals surface area contributed by atoms with E-state index in [-0.39, 0.29) is 5.82 Å². The quantitative estimate of drug-likeness (QED) is 0.827. The van der Waals surface area contributed by atoms with Gasteiger partial charge in [0.15, 0.2) is 0 Å². The zero-order valence-corrected chi connectivity index (χ0v) is 10.5. The lowest BCUT2D eigenvalue weighted by atomic mass is 9.68. The van der Waals surface area contributed by atoms with E-state index in [1.165, 1.54) is 31.9 Å². The summed E-state index contributed by atoms with van der Waals surface area (Å²) in [6, 6.07) is 1.79. The molecule has 0 aliphatic heterocycles. The number of halogens is 1. The van der Waals surface area contributed by atoms with Gasteiger partial charge in [-0.15, -0.1) is 0 Å². The molecule has 2 bridgehead atoms. The highest BCUT2D eigenvalue weighted by atomic mass is 19.1. The van der Waals surface area contributed by atoms with Crippen LogP contribution in [0.1, 0.15) is 37.7 Å². The summed E-state index contributed by atoms with van der Waals surface area (Å²) in [6.07, 6.45) is 9.19. The monoisotopic (exact) mass is 246 g/mol. The molecule has 3 aliphatic rings. The molecule has 3 aliphatic carbocycles. The van der Waals surface area contributed by atoms with E-state index in [0.717, 1.165) is 24.2 Å². The van der Waals surface area contributed by atoms with Crippen molar-refractivity contribution in [1.82, 2.24) is 4.98 Å². The summed E-state index contributed by atoms with van der Waals surface area (Å²) in [5, 5.41) is 0. The molecule has 18 heavy (non-hydrogen) atoms. The van der Waals surface area contributed by atoms with Crippen molar-refractivity contribution in [2.24, 2.45) is 29.4 Å². The van der Waals surface area contributed by atoms with E-state index in [2.05, 4.69) is 4.98 Å². The molecule has 0 saturated heterocycles. The summed E-state index contributed by atoms with van der Waals surface area (Å²) in [5.41, 5.74) is 6.93. The molecule has 3 fully saturated rings. The van der Waals surface area contributed by atoms with Gasteiger partial charge < -0.3 is 5.73 Å². The minimum atomic E-state index is -0.427. The number of fused-ring (bicyclic) bond motifs is 5. The maximum atomic E-state index is 14.0. The average molecular weight is 246 g/mol.